The minimum atomic E-state index is -1.83. The maximum absolute atomic E-state index is 13.5. The van der Waals surface area contributed by atoms with Gasteiger partial charge in [0.05, 0.1) is 0 Å². The van der Waals surface area contributed by atoms with E-state index in [2.05, 4.69) is 0 Å². The highest BCUT2D eigenvalue weighted by atomic mass is 16.8. The SMILES string of the molecule is CCCC(=O)OC[C@H]1O[C@@H](O[C@H]2[C@H](OC(=O)CCC)[C@@H](OC(=O)CCC)[C@H](OC(=O)CCC)O[C@@H]2COC(=O)CCC)[C@H](OC(=O)CCC)[C@@H](OC(=O)CCC)[C@H]1OC(=O)CCC. The molecule has 2 heterocycles. The maximum Gasteiger partial charge on any atom is 0.308 e. The number of carbonyl (C=O) groups is 8. The van der Waals surface area contributed by atoms with E-state index in [9.17, 15) is 38.4 Å². The van der Waals surface area contributed by atoms with Crippen molar-refractivity contribution in [3.05, 3.63) is 0 Å². The largest absolute Gasteiger partial charge is 0.463 e. The second-order valence-electron chi connectivity index (χ2n) is 15.3. The first kappa shape index (κ1) is 54.8. The number of carbonyl (C=O) groups excluding carboxylic acids is 8. The van der Waals surface area contributed by atoms with Crippen LogP contribution in [0.1, 0.15) is 158 Å². The van der Waals surface area contributed by atoms with E-state index in [0.717, 1.165) is 0 Å². The smallest absolute Gasteiger partial charge is 0.308 e. The Labute approximate surface area is 370 Å². The summed E-state index contributed by atoms with van der Waals surface area (Å²) >= 11 is 0. The van der Waals surface area contributed by atoms with Crippen molar-refractivity contribution >= 4 is 47.8 Å². The van der Waals surface area contributed by atoms with Crippen LogP contribution < -0.4 is 0 Å². The Kier molecular flexibility index (Phi) is 26.0. The molecule has 2 fully saturated rings. The Balaban J connectivity index is 2.96. The van der Waals surface area contributed by atoms with Crippen molar-refractivity contribution in [1.82, 2.24) is 0 Å². The van der Waals surface area contributed by atoms with Gasteiger partial charge in [-0.05, 0) is 51.4 Å². The molecule has 2 aliphatic heterocycles. The van der Waals surface area contributed by atoms with Crippen molar-refractivity contribution in [2.45, 2.75) is 220 Å². The van der Waals surface area contributed by atoms with Crippen LogP contribution in [-0.4, -0.2) is 122 Å². The van der Waals surface area contributed by atoms with Crippen molar-refractivity contribution < 1.29 is 90.5 Å². The summed E-state index contributed by atoms with van der Waals surface area (Å²) in [5.74, 6) is -5.80. The summed E-state index contributed by atoms with van der Waals surface area (Å²) < 4.78 is 65.7. The number of rotatable bonds is 28. The third kappa shape index (κ3) is 18.7. The van der Waals surface area contributed by atoms with Gasteiger partial charge in [-0.3, -0.25) is 38.4 Å². The molecular formula is C44H70O19. The predicted octanol–water partition coefficient (Wildman–Crippen LogP) is 5.41. The molecule has 0 N–H and O–H groups in total. The van der Waals surface area contributed by atoms with Gasteiger partial charge in [-0.25, -0.2) is 0 Å². The standard InChI is InChI=1S/C44H70O19/c1-9-17-29(45)53-25-27-37(57-31(47)19-11-3)39(58-32(48)20-12-4)42(61-35(51)23-15-7)44(56-27)63-38-28(26-54-30(46)18-10-2)55-43(62-36(52)24-16-8)41(60-34(50)22-14-6)40(38)59-33(49)21-13-5/h27-28,37-44H,9-26H2,1-8H3/t27-,28-,37+,38-,39+,40+,41-,42-,43+,44+/m1/s1. The van der Waals surface area contributed by atoms with Gasteiger partial charge < -0.3 is 52.1 Å². The highest BCUT2D eigenvalue weighted by Gasteiger charge is 2.58. The van der Waals surface area contributed by atoms with Crippen LogP contribution in [0.4, 0.5) is 0 Å². The molecule has 2 rings (SSSR count). The fraction of sp³-hybridized carbons (Fsp3) is 0.818. The van der Waals surface area contributed by atoms with Crippen LogP contribution >= 0.6 is 0 Å². The number of ether oxygens (including phenoxy) is 11. The molecule has 0 amide bonds. The molecule has 10 atom stereocenters. The first-order valence-corrected chi connectivity index (χ1v) is 22.6. The predicted molar refractivity (Wildman–Crippen MR) is 219 cm³/mol. The van der Waals surface area contributed by atoms with Gasteiger partial charge in [0, 0.05) is 51.4 Å². The molecule has 0 unspecified atom stereocenters. The summed E-state index contributed by atoms with van der Waals surface area (Å²) in [6, 6.07) is 0. The zero-order valence-corrected chi connectivity index (χ0v) is 38.3. The van der Waals surface area contributed by atoms with Crippen LogP contribution in [0, 0.1) is 0 Å². The fourth-order valence-electron chi connectivity index (χ4n) is 6.58. The summed E-state index contributed by atoms with van der Waals surface area (Å²) in [5.41, 5.74) is 0. The molecule has 19 heteroatoms. The highest BCUT2D eigenvalue weighted by molar-refractivity contribution is 5.73. The van der Waals surface area contributed by atoms with Gasteiger partial charge in [0.2, 0.25) is 12.4 Å². The molecule has 0 radical (unpaired) electrons. The molecule has 2 saturated heterocycles. The lowest BCUT2D eigenvalue weighted by Crippen LogP contribution is -2.67. The first-order valence-electron chi connectivity index (χ1n) is 22.6. The summed E-state index contributed by atoms with van der Waals surface area (Å²) in [6.07, 6.45) is -13.7. The molecule has 0 aromatic rings. The second kappa shape index (κ2) is 29.9. The Hall–Kier alpha value is -4.36. The normalized spacial score (nSPS) is 25.5. The van der Waals surface area contributed by atoms with Gasteiger partial charge >= 0.3 is 47.8 Å². The average Bonchev–Trinajstić information content (AvgIpc) is 3.21. The van der Waals surface area contributed by atoms with Crippen molar-refractivity contribution in [2.24, 2.45) is 0 Å². The second-order valence-corrected chi connectivity index (χ2v) is 15.3. The highest BCUT2D eigenvalue weighted by Crippen LogP contribution is 2.36. The summed E-state index contributed by atoms with van der Waals surface area (Å²) in [7, 11) is 0. The monoisotopic (exact) mass is 902 g/mol. The Bertz CT molecular complexity index is 1470. The number of esters is 8. The van der Waals surface area contributed by atoms with Gasteiger partial charge in [-0.2, -0.15) is 0 Å². The lowest BCUT2D eigenvalue weighted by molar-refractivity contribution is -0.358. The number of hydrogen-bond donors (Lipinski definition) is 0. The molecule has 19 nitrogen and oxygen atoms in total. The maximum atomic E-state index is 13.5. The molecule has 63 heavy (non-hydrogen) atoms. The summed E-state index contributed by atoms with van der Waals surface area (Å²) in [5, 5.41) is 0. The quantitative estimate of drug-likeness (QED) is 0.0704. The molecule has 0 bridgehead atoms. The van der Waals surface area contributed by atoms with Crippen molar-refractivity contribution in [3.63, 3.8) is 0 Å². The van der Waals surface area contributed by atoms with Crippen LogP contribution in [0.3, 0.4) is 0 Å². The van der Waals surface area contributed by atoms with Crippen molar-refractivity contribution in [2.75, 3.05) is 13.2 Å². The van der Waals surface area contributed by atoms with Crippen LogP contribution in [0.5, 0.6) is 0 Å². The minimum Gasteiger partial charge on any atom is -0.463 e. The van der Waals surface area contributed by atoms with Crippen LogP contribution in [0.2, 0.25) is 0 Å². The molecule has 0 aliphatic carbocycles. The van der Waals surface area contributed by atoms with Crippen molar-refractivity contribution in [1.29, 1.82) is 0 Å². The van der Waals surface area contributed by atoms with E-state index in [1.165, 1.54) is 0 Å². The van der Waals surface area contributed by atoms with E-state index in [0.29, 0.717) is 51.4 Å². The lowest BCUT2D eigenvalue weighted by atomic mass is 9.95. The Morgan fingerprint density at radius 1 is 0.317 bits per heavy atom. The van der Waals surface area contributed by atoms with E-state index >= 15 is 0 Å². The van der Waals surface area contributed by atoms with E-state index in [4.69, 9.17) is 52.1 Å². The third-order valence-electron chi connectivity index (χ3n) is 9.51. The third-order valence-corrected chi connectivity index (χ3v) is 9.51. The lowest BCUT2D eigenvalue weighted by Gasteiger charge is -2.48. The molecule has 360 valence electrons. The Morgan fingerprint density at radius 3 is 0.968 bits per heavy atom. The molecule has 0 aromatic carbocycles. The van der Waals surface area contributed by atoms with Gasteiger partial charge in [-0.15, -0.1) is 0 Å². The zero-order valence-electron chi connectivity index (χ0n) is 38.3. The minimum absolute atomic E-state index is 0.0158. The molecule has 2 aliphatic rings. The van der Waals surface area contributed by atoms with E-state index < -0.39 is 122 Å². The molecule has 0 saturated carbocycles. The first-order chi connectivity index (χ1) is 30.2. The van der Waals surface area contributed by atoms with Crippen LogP contribution in [0.15, 0.2) is 0 Å². The topological polar surface area (TPSA) is 238 Å². The van der Waals surface area contributed by atoms with E-state index in [1.807, 2.05) is 0 Å². The summed E-state index contributed by atoms with van der Waals surface area (Å²) in [4.78, 5) is 105. The van der Waals surface area contributed by atoms with Gasteiger partial charge in [0.1, 0.15) is 31.5 Å². The molecule has 0 spiro atoms. The number of hydrogen-bond acceptors (Lipinski definition) is 19. The van der Waals surface area contributed by atoms with E-state index in [1.54, 1.807) is 55.4 Å². The van der Waals surface area contributed by atoms with Gasteiger partial charge in [0.25, 0.3) is 0 Å². The Morgan fingerprint density at radius 2 is 0.587 bits per heavy atom. The van der Waals surface area contributed by atoms with E-state index in [-0.39, 0.29) is 51.4 Å². The van der Waals surface area contributed by atoms with Crippen molar-refractivity contribution in [3.8, 4) is 0 Å². The average molecular weight is 903 g/mol. The van der Waals surface area contributed by atoms with Crippen LogP contribution in [0.25, 0.3) is 0 Å². The fourth-order valence-corrected chi connectivity index (χ4v) is 6.58. The zero-order chi connectivity index (χ0) is 46.9. The summed E-state index contributed by atoms with van der Waals surface area (Å²) in [6.45, 7) is 12.8. The molecule has 0 aromatic heterocycles. The van der Waals surface area contributed by atoms with Gasteiger partial charge in [0.15, 0.2) is 30.7 Å². The van der Waals surface area contributed by atoms with Crippen LogP contribution in [-0.2, 0) is 90.5 Å². The van der Waals surface area contributed by atoms with Gasteiger partial charge in [-0.1, -0.05) is 55.4 Å². The molecular weight excluding hydrogens is 832 g/mol.